The number of aryl methyl sites for hydroxylation is 1. The number of hydrogen-bond acceptors (Lipinski definition) is 7. The summed E-state index contributed by atoms with van der Waals surface area (Å²) in [5.74, 6) is 1.06. The van der Waals surface area contributed by atoms with E-state index in [0.29, 0.717) is 49.2 Å². The Morgan fingerprint density at radius 1 is 0.941 bits per heavy atom. The quantitative estimate of drug-likeness (QED) is 0.273. The minimum absolute atomic E-state index is 0.214. The van der Waals surface area contributed by atoms with Gasteiger partial charge in [-0.2, -0.15) is 0 Å². The van der Waals surface area contributed by atoms with Crippen molar-refractivity contribution >= 4 is 11.8 Å². The van der Waals surface area contributed by atoms with E-state index >= 15 is 0 Å². The van der Waals surface area contributed by atoms with Gasteiger partial charge in [0.15, 0.2) is 18.1 Å². The van der Waals surface area contributed by atoms with Gasteiger partial charge in [0.1, 0.15) is 5.76 Å². The highest BCUT2D eigenvalue weighted by Crippen LogP contribution is 2.39. The van der Waals surface area contributed by atoms with Crippen molar-refractivity contribution in [2.75, 3.05) is 26.4 Å². The van der Waals surface area contributed by atoms with E-state index in [1.54, 1.807) is 24.5 Å². The van der Waals surface area contributed by atoms with E-state index in [1.165, 1.54) is 0 Å². The van der Waals surface area contributed by atoms with Crippen LogP contribution in [-0.4, -0.2) is 42.7 Å². The van der Waals surface area contributed by atoms with Crippen molar-refractivity contribution in [2.24, 2.45) is 0 Å². The van der Waals surface area contributed by atoms with Crippen LogP contribution in [0.15, 0.2) is 41.0 Å². The molecule has 0 spiro atoms. The molecule has 0 aliphatic heterocycles. The second kappa shape index (κ2) is 11.4. The van der Waals surface area contributed by atoms with E-state index in [0.717, 1.165) is 17.1 Å². The monoisotopic (exact) mass is 469 g/mol. The van der Waals surface area contributed by atoms with Crippen LogP contribution in [0.25, 0.3) is 0 Å². The van der Waals surface area contributed by atoms with Gasteiger partial charge in [0.05, 0.1) is 38.2 Å². The number of hydrogen-bond donors (Lipinski definition) is 0. The molecule has 8 heteroatoms. The van der Waals surface area contributed by atoms with Crippen LogP contribution in [0.4, 0.5) is 0 Å². The van der Waals surface area contributed by atoms with Crippen LogP contribution in [0.5, 0.6) is 17.2 Å². The highest BCUT2D eigenvalue weighted by atomic mass is 16.5. The Morgan fingerprint density at radius 3 is 2.15 bits per heavy atom. The fraction of sp³-hybridized carbons (Fsp3) is 0.385. The Morgan fingerprint density at radius 2 is 1.59 bits per heavy atom. The number of furan rings is 1. The van der Waals surface area contributed by atoms with E-state index in [9.17, 15) is 9.59 Å². The number of benzene rings is 1. The molecule has 2 heterocycles. The average Bonchev–Trinajstić information content (AvgIpc) is 3.43. The SMILES string of the molecule is CCOc1cc(C(=O)OCC(=O)c2cc(C)n(Cc3ccco3)c2C)cc(OCC)c1OCC. The maximum atomic E-state index is 12.9. The molecule has 0 fully saturated rings. The molecule has 0 N–H and O–H groups in total. The Kier molecular flexibility index (Phi) is 8.40. The number of ketones is 1. The van der Waals surface area contributed by atoms with E-state index < -0.39 is 5.97 Å². The maximum absolute atomic E-state index is 12.9. The summed E-state index contributed by atoms with van der Waals surface area (Å²) < 4.78 is 29.7. The summed E-state index contributed by atoms with van der Waals surface area (Å²) >= 11 is 0. The molecular formula is C26H31NO7. The van der Waals surface area contributed by atoms with Gasteiger partial charge in [-0.15, -0.1) is 0 Å². The third-order valence-corrected chi connectivity index (χ3v) is 5.25. The zero-order valence-corrected chi connectivity index (χ0v) is 20.3. The first kappa shape index (κ1) is 25.0. The second-order valence-corrected chi connectivity index (χ2v) is 7.55. The number of esters is 1. The zero-order valence-electron chi connectivity index (χ0n) is 20.3. The molecule has 0 atom stereocenters. The third kappa shape index (κ3) is 5.62. The molecule has 34 heavy (non-hydrogen) atoms. The van der Waals surface area contributed by atoms with Crippen molar-refractivity contribution in [3.05, 3.63) is 64.9 Å². The fourth-order valence-electron chi connectivity index (χ4n) is 3.68. The van der Waals surface area contributed by atoms with E-state index in [-0.39, 0.29) is 18.0 Å². The molecule has 0 amide bonds. The minimum Gasteiger partial charge on any atom is -0.490 e. The largest absolute Gasteiger partial charge is 0.490 e. The molecule has 2 aromatic heterocycles. The predicted octanol–water partition coefficient (Wildman–Crippen LogP) is 4.98. The first-order valence-electron chi connectivity index (χ1n) is 11.3. The summed E-state index contributed by atoms with van der Waals surface area (Å²) in [6, 6.07) is 8.58. The number of carbonyl (C=O) groups excluding carboxylic acids is 2. The smallest absolute Gasteiger partial charge is 0.338 e. The Bertz CT molecular complexity index is 1100. The van der Waals surface area contributed by atoms with Gasteiger partial charge >= 0.3 is 5.97 Å². The van der Waals surface area contributed by atoms with Crippen molar-refractivity contribution in [3.8, 4) is 17.2 Å². The summed E-state index contributed by atoms with van der Waals surface area (Å²) in [6.07, 6.45) is 1.61. The van der Waals surface area contributed by atoms with Gasteiger partial charge in [-0.25, -0.2) is 4.79 Å². The van der Waals surface area contributed by atoms with Crippen molar-refractivity contribution in [2.45, 2.75) is 41.2 Å². The van der Waals surface area contributed by atoms with Gasteiger partial charge in [0.2, 0.25) is 11.5 Å². The first-order valence-corrected chi connectivity index (χ1v) is 11.3. The van der Waals surface area contributed by atoms with Gasteiger partial charge in [0, 0.05) is 17.0 Å². The molecule has 0 saturated carbocycles. The van der Waals surface area contributed by atoms with Crippen LogP contribution in [0, 0.1) is 13.8 Å². The lowest BCUT2D eigenvalue weighted by atomic mass is 10.1. The molecule has 0 bridgehead atoms. The molecule has 0 saturated heterocycles. The molecule has 8 nitrogen and oxygen atoms in total. The van der Waals surface area contributed by atoms with Crippen molar-refractivity contribution < 1.29 is 33.0 Å². The van der Waals surface area contributed by atoms with Crippen LogP contribution in [-0.2, 0) is 11.3 Å². The van der Waals surface area contributed by atoms with Crippen molar-refractivity contribution in [1.82, 2.24) is 4.57 Å². The van der Waals surface area contributed by atoms with E-state index in [4.69, 9.17) is 23.4 Å². The number of aromatic nitrogens is 1. The first-order chi connectivity index (χ1) is 16.4. The summed E-state index contributed by atoms with van der Waals surface area (Å²) in [5, 5.41) is 0. The predicted molar refractivity (Wildman–Crippen MR) is 126 cm³/mol. The summed E-state index contributed by atoms with van der Waals surface area (Å²) in [5.41, 5.74) is 2.42. The Labute approximate surface area is 199 Å². The summed E-state index contributed by atoms with van der Waals surface area (Å²) in [6.45, 7) is 10.6. The Hall–Kier alpha value is -3.68. The highest BCUT2D eigenvalue weighted by molar-refractivity contribution is 6.00. The number of nitrogens with zero attached hydrogens (tertiary/aromatic N) is 1. The lowest BCUT2D eigenvalue weighted by Gasteiger charge is -2.16. The molecular weight excluding hydrogens is 438 g/mol. The van der Waals surface area contributed by atoms with E-state index in [2.05, 4.69) is 0 Å². The van der Waals surface area contributed by atoms with Crippen LogP contribution in [0.3, 0.4) is 0 Å². The van der Waals surface area contributed by atoms with Gasteiger partial charge in [-0.05, 0) is 65.0 Å². The molecule has 182 valence electrons. The maximum Gasteiger partial charge on any atom is 0.338 e. The topological polar surface area (TPSA) is 89.1 Å². The minimum atomic E-state index is -0.650. The lowest BCUT2D eigenvalue weighted by Crippen LogP contribution is -2.16. The standard InChI is InChI=1S/C26H31NO7/c1-6-30-23-13-19(14-24(31-7-2)25(23)32-8-3)26(29)34-16-22(28)21-12-17(4)27(18(21)5)15-20-10-9-11-33-20/h9-14H,6-8,15-16H2,1-5H3. The van der Waals surface area contributed by atoms with E-state index in [1.807, 2.05) is 51.3 Å². The number of rotatable bonds is 12. The Balaban J connectivity index is 1.76. The molecule has 0 aliphatic rings. The van der Waals surface area contributed by atoms with Gasteiger partial charge in [-0.1, -0.05) is 0 Å². The number of carbonyl (C=O) groups is 2. The normalized spacial score (nSPS) is 10.7. The van der Waals surface area contributed by atoms with Crippen LogP contribution in [0.2, 0.25) is 0 Å². The summed E-state index contributed by atoms with van der Waals surface area (Å²) in [7, 11) is 0. The van der Waals surface area contributed by atoms with Crippen LogP contribution >= 0.6 is 0 Å². The molecule has 3 rings (SSSR count). The third-order valence-electron chi connectivity index (χ3n) is 5.25. The van der Waals surface area contributed by atoms with Gasteiger partial charge in [0.25, 0.3) is 0 Å². The molecule has 0 radical (unpaired) electrons. The second-order valence-electron chi connectivity index (χ2n) is 7.55. The van der Waals surface area contributed by atoms with Gasteiger partial charge in [-0.3, -0.25) is 4.79 Å². The van der Waals surface area contributed by atoms with Crippen LogP contribution in [0.1, 0.15) is 58.6 Å². The highest BCUT2D eigenvalue weighted by Gasteiger charge is 2.22. The average molecular weight is 470 g/mol. The molecule has 3 aromatic rings. The zero-order chi connectivity index (χ0) is 24.7. The number of Topliss-reactive ketones (excluding diaryl/α,β-unsaturated/α-hetero) is 1. The fourth-order valence-corrected chi connectivity index (χ4v) is 3.68. The molecule has 1 aromatic carbocycles. The lowest BCUT2D eigenvalue weighted by molar-refractivity contribution is 0.0473. The van der Waals surface area contributed by atoms with Gasteiger partial charge < -0.3 is 27.9 Å². The van der Waals surface area contributed by atoms with Crippen molar-refractivity contribution in [3.63, 3.8) is 0 Å². The molecule has 0 unspecified atom stereocenters. The summed E-state index contributed by atoms with van der Waals surface area (Å²) in [4.78, 5) is 25.7. The molecule has 0 aliphatic carbocycles. The van der Waals surface area contributed by atoms with Crippen molar-refractivity contribution in [1.29, 1.82) is 0 Å². The van der Waals surface area contributed by atoms with Crippen LogP contribution < -0.4 is 14.2 Å². The number of ether oxygens (including phenoxy) is 4.